The van der Waals surface area contributed by atoms with E-state index >= 15 is 0 Å². The van der Waals surface area contributed by atoms with Crippen molar-refractivity contribution in [2.24, 2.45) is 0 Å². The number of ether oxygens (including phenoxy) is 1. The summed E-state index contributed by atoms with van der Waals surface area (Å²) in [6.45, 7) is 1.01. The second-order valence-corrected chi connectivity index (χ2v) is 11.0. The van der Waals surface area contributed by atoms with Crippen LogP contribution in [0, 0.1) is 6.92 Å². The van der Waals surface area contributed by atoms with Crippen molar-refractivity contribution in [3.8, 4) is 5.75 Å². The molecule has 0 saturated heterocycles. The molecule has 0 fully saturated rings. The molecule has 1 amide bonds. The van der Waals surface area contributed by atoms with Gasteiger partial charge >= 0.3 is 12.4 Å². The predicted octanol–water partition coefficient (Wildman–Crippen LogP) is 6.83. The Hall–Kier alpha value is -3.45. The number of nitrogens with zero attached hydrogens (tertiary/aromatic N) is 1. The van der Waals surface area contributed by atoms with E-state index in [2.05, 4.69) is 5.32 Å². The van der Waals surface area contributed by atoms with Gasteiger partial charge in [-0.2, -0.15) is 26.3 Å². The molecule has 0 saturated carbocycles. The van der Waals surface area contributed by atoms with Crippen LogP contribution < -0.4 is 14.4 Å². The number of carbonyl (C=O) groups is 1. The Morgan fingerprint density at radius 3 is 2.33 bits per heavy atom. The van der Waals surface area contributed by atoms with Gasteiger partial charge in [-0.3, -0.25) is 9.10 Å². The van der Waals surface area contributed by atoms with Gasteiger partial charge in [0, 0.05) is 5.69 Å². The maximum atomic E-state index is 13.5. The molecule has 1 atom stereocenters. The summed E-state index contributed by atoms with van der Waals surface area (Å²) in [7, 11) is -4.41. The molecule has 0 bridgehead atoms. The summed E-state index contributed by atoms with van der Waals surface area (Å²) in [6.07, 6.45) is -12.6. The number of nitrogens with one attached hydrogen (secondary N) is 1. The first-order chi connectivity index (χ1) is 18.1. The first kappa shape index (κ1) is 28.6. The number of sulfonamides is 1. The lowest BCUT2D eigenvalue weighted by Gasteiger charge is -2.36. The quantitative estimate of drug-likeness (QED) is 0.330. The summed E-state index contributed by atoms with van der Waals surface area (Å²) in [6, 6.07) is 11.8. The molecule has 6 nitrogen and oxygen atoms in total. The molecule has 0 radical (unpaired) electrons. The molecule has 1 N–H and O–H groups in total. The zero-order valence-electron chi connectivity index (χ0n) is 19.9. The molecule has 1 aliphatic rings. The Morgan fingerprint density at radius 1 is 1.05 bits per heavy atom. The monoisotopic (exact) mass is 592 g/mol. The van der Waals surface area contributed by atoms with Gasteiger partial charge in [0.25, 0.3) is 15.9 Å². The molecule has 0 aliphatic carbocycles. The molecule has 0 aromatic heterocycles. The highest BCUT2D eigenvalue weighted by Gasteiger charge is 2.41. The van der Waals surface area contributed by atoms with Crippen LogP contribution in [-0.4, -0.2) is 33.1 Å². The first-order valence-corrected chi connectivity index (χ1v) is 13.0. The number of hydrogen-bond acceptors (Lipinski definition) is 4. The van der Waals surface area contributed by atoms with E-state index < -0.39 is 63.5 Å². The van der Waals surface area contributed by atoms with Gasteiger partial charge in [-0.25, -0.2) is 8.42 Å². The zero-order chi connectivity index (χ0) is 28.8. The lowest BCUT2D eigenvalue weighted by molar-refractivity contribution is -0.150. The minimum Gasteiger partial charge on any atom is -0.486 e. The maximum Gasteiger partial charge on any atom is 0.417 e. The predicted molar refractivity (Wildman–Crippen MR) is 132 cm³/mol. The van der Waals surface area contributed by atoms with Gasteiger partial charge in [0.15, 0.2) is 0 Å². The topological polar surface area (TPSA) is 75.7 Å². The highest BCUT2D eigenvalue weighted by atomic mass is 35.5. The number of aryl methyl sites for hydroxylation is 1. The van der Waals surface area contributed by atoms with Crippen molar-refractivity contribution < 1.29 is 44.3 Å². The van der Waals surface area contributed by atoms with Crippen LogP contribution in [0.3, 0.4) is 0 Å². The van der Waals surface area contributed by atoms with Crippen LogP contribution in [0.15, 0.2) is 65.6 Å². The molecule has 1 aliphatic heterocycles. The van der Waals surface area contributed by atoms with Crippen LogP contribution in [0.2, 0.25) is 5.02 Å². The maximum absolute atomic E-state index is 13.5. The normalized spacial score (nSPS) is 15.9. The van der Waals surface area contributed by atoms with Crippen molar-refractivity contribution >= 4 is 38.9 Å². The van der Waals surface area contributed by atoms with E-state index in [1.54, 1.807) is 6.92 Å². The van der Waals surface area contributed by atoms with Crippen molar-refractivity contribution in [3.63, 3.8) is 0 Å². The third kappa shape index (κ3) is 6.25. The zero-order valence-corrected chi connectivity index (χ0v) is 21.5. The fourth-order valence-electron chi connectivity index (χ4n) is 4.00. The third-order valence-electron chi connectivity index (χ3n) is 5.76. The molecule has 39 heavy (non-hydrogen) atoms. The summed E-state index contributed by atoms with van der Waals surface area (Å²) < 4.78 is 113. The van der Waals surface area contributed by atoms with Gasteiger partial charge in [-0.1, -0.05) is 35.4 Å². The number of carbonyl (C=O) groups excluding carboxylic acids is 1. The van der Waals surface area contributed by atoms with Crippen LogP contribution in [0.25, 0.3) is 0 Å². The van der Waals surface area contributed by atoms with Crippen molar-refractivity contribution in [2.75, 3.05) is 16.2 Å². The SMILES string of the molecule is Cc1ccc(S(=O)(=O)N2CC(CC(F)(F)F)Oc3ccc(NC(=O)c4c(Cl)cccc4C(F)(F)F)cc32)cc1. The van der Waals surface area contributed by atoms with E-state index in [0.717, 1.165) is 40.2 Å². The summed E-state index contributed by atoms with van der Waals surface area (Å²) >= 11 is 5.88. The van der Waals surface area contributed by atoms with E-state index in [-0.39, 0.29) is 22.0 Å². The van der Waals surface area contributed by atoms with Crippen LogP contribution in [-0.2, 0) is 16.2 Å². The van der Waals surface area contributed by atoms with Gasteiger partial charge in [0.1, 0.15) is 11.9 Å². The number of rotatable bonds is 5. The Balaban J connectivity index is 1.75. The highest BCUT2D eigenvalue weighted by Crippen LogP contribution is 2.41. The summed E-state index contributed by atoms with van der Waals surface area (Å²) in [4.78, 5) is 12.6. The van der Waals surface area contributed by atoms with Crippen molar-refractivity contribution in [1.29, 1.82) is 0 Å². The minimum absolute atomic E-state index is 0.145. The fraction of sp³-hybridized carbons (Fsp3) is 0.240. The van der Waals surface area contributed by atoms with Gasteiger partial charge in [0.2, 0.25) is 0 Å². The standard InChI is InChI=1S/C25H19ClF6N2O4S/c1-14-5-8-17(9-6-14)39(36,37)34-13-16(12-24(27,28)29)38-21-10-7-15(11-20(21)34)33-23(35)22-18(25(30,31)32)3-2-4-19(22)26/h2-11,16H,12-13H2,1H3,(H,33,35). The first-order valence-electron chi connectivity index (χ1n) is 11.2. The van der Waals surface area contributed by atoms with Crippen molar-refractivity contribution in [1.82, 2.24) is 0 Å². The Labute approximate surface area is 224 Å². The molecule has 3 aromatic rings. The third-order valence-corrected chi connectivity index (χ3v) is 7.87. The molecule has 3 aromatic carbocycles. The lowest BCUT2D eigenvalue weighted by atomic mass is 10.1. The smallest absolute Gasteiger partial charge is 0.417 e. The van der Waals surface area contributed by atoms with Gasteiger partial charge in [0.05, 0.1) is 39.7 Å². The second-order valence-electron chi connectivity index (χ2n) is 8.71. The van der Waals surface area contributed by atoms with Crippen molar-refractivity contribution in [2.45, 2.75) is 36.7 Å². The molecular formula is C25H19ClF6N2O4S. The highest BCUT2D eigenvalue weighted by molar-refractivity contribution is 7.92. The summed E-state index contributed by atoms with van der Waals surface area (Å²) in [5, 5.41) is 1.78. The Kier molecular flexibility index (Phi) is 7.52. The molecule has 1 heterocycles. The Morgan fingerprint density at radius 2 is 1.72 bits per heavy atom. The molecular weight excluding hydrogens is 574 g/mol. The van der Waals surface area contributed by atoms with Gasteiger partial charge in [-0.15, -0.1) is 0 Å². The Bertz CT molecular complexity index is 1510. The number of anilines is 2. The van der Waals surface area contributed by atoms with Gasteiger partial charge in [-0.05, 0) is 49.4 Å². The molecule has 14 heteroatoms. The number of benzene rings is 3. The number of halogens is 7. The van der Waals surface area contributed by atoms with E-state index in [1.807, 2.05) is 0 Å². The number of alkyl halides is 6. The van der Waals surface area contributed by atoms with E-state index in [9.17, 15) is 39.6 Å². The van der Waals surface area contributed by atoms with Crippen LogP contribution >= 0.6 is 11.6 Å². The van der Waals surface area contributed by atoms with Crippen LogP contribution in [0.4, 0.5) is 37.7 Å². The molecule has 4 rings (SSSR count). The fourth-order valence-corrected chi connectivity index (χ4v) is 5.76. The number of hydrogen-bond donors (Lipinski definition) is 1. The molecule has 0 spiro atoms. The van der Waals surface area contributed by atoms with E-state index in [0.29, 0.717) is 6.07 Å². The molecule has 208 valence electrons. The van der Waals surface area contributed by atoms with E-state index in [4.69, 9.17) is 16.3 Å². The second kappa shape index (κ2) is 10.3. The van der Waals surface area contributed by atoms with E-state index in [1.165, 1.54) is 24.3 Å². The van der Waals surface area contributed by atoms with Gasteiger partial charge < -0.3 is 10.1 Å². The largest absolute Gasteiger partial charge is 0.486 e. The number of fused-ring (bicyclic) bond motifs is 1. The lowest BCUT2D eigenvalue weighted by Crippen LogP contribution is -2.45. The summed E-state index contributed by atoms with van der Waals surface area (Å²) in [5.74, 6) is -1.45. The van der Waals surface area contributed by atoms with Crippen molar-refractivity contribution in [3.05, 3.63) is 82.4 Å². The minimum atomic E-state index is -4.90. The molecule has 1 unspecified atom stereocenters. The van der Waals surface area contributed by atoms with Crippen LogP contribution in [0.1, 0.15) is 27.9 Å². The number of amides is 1. The average Bonchev–Trinajstić information content (AvgIpc) is 2.82. The average molecular weight is 593 g/mol. The summed E-state index contributed by atoms with van der Waals surface area (Å²) in [5.41, 5.74) is -1.74. The van der Waals surface area contributed by atoms with Crippen LogP contribution in [0.5, 0.6) is 5.75 Å².